The number of urea groups is 1. The van der Waals surface area contributed by atoms with E-state index in [1.165, 1.54) is 0 Å². The molecular weight excluding hydrogens is 362 g/mol. The number of hydrogen-bond donors (Lipinski definition) is 1. The number of nitrogens with zero attached hydrogens (tertiary/aromatic N) is 2. The molecule has 0 saturated carbocycles. The summed E-state index contributed by atoms with van der Waals surface area (Å²) in [6, 6.07) is 17.5. The molecule has 142 valence electrons. The van der Waals surface area contributed by atoms with E-state index in [0.717, 1.165) is 16.8 Å². The normalized spacial score (nSPS) is 16.0. The first-order valence-electron chi connectivity index (χ1n) is 9.10. The van der Waals surface area contributed by atoms with Crippen LogP contribution in [0, 0.1) is 0 Å². The van der Waals surface area contributed by atoms with Crippen molar-refractivity contribution in [2.45, 2.75) is 39.0 Å². The molecule has 27 heavy (non-hydrogen) atoms. The Morgan fingerprint density at radius 2 is 1.93 bits per heavy atom. The lowest BCUT2D eigenvalue weighted by Gasteiger charge is -2.26. The topological polar surface area (TPSA) is 53.9 Å². The van der Waals surface area contributed by atoms with Crippen LogP contribution in [0.2, 0.25) is 5.02 Å². The summed E-state index contributed by atoms with van der Waals surface area (Å²) < 4.78 is 0. The number of rotatable bonds is 6. The van der Waals surface area contributed by atoms with Crippen LogP contribution in [-0.2, 0) is 11.4 Å². The molecule has 0 aromatic heterocycles. The van der Waals surface area contributed by atoms with Gasteiger partial charge in [-0.2, -0.15) is 0 Å². The smallest absolute Gasteiger partial charge is 0.318 e. The summed E-state index contributed by atoms with van der Waals surface area (Å²) in [4.78, 5) is 20.0. The van der Waals surface area contributed by atoms with Crippen LogP contribution < -0.4 is 5.32 Å². The zero-order valence-electron chi connectivity index (χ0n) is 15.6. The molecule has 2 aromatic rings. The van der Waals surface area contributed by atoms with Gasteiger partial charge in [-0.1, -0.05) is 65.3 Å². The van der Waals surface area contributed by atoms with Gasteiger partial charge in [0.2, 0.25) is 0 Å². The fourth-order valence-electron chi connectivity index (χ4n) is 2.99. The highest BCUT2D eigenvalue weighted by molar-refractivity contribution is 6.34. The number of hydrogen-bond acceptors (Lipinski definition) is 3. The summed E-state index contributed by atoms with van der Waals surface area (Å²) in [6.45, 7) is 4.86. The molecule has 0 unspecified atom stereocenters. The van der Waals surface area contributed by atoms with Crippen molar-refractivity contribution in [3.8, 4) is 0 Å². The highest BCUT2D eigenvalue weighted by atomic mass is 35.5. The Labute approximate surface area is 165 Å². The third-order valence-corrected chi connectivity index (χ3v) is 4.59. The molecule has 0 spiro atoms. The van der Waals surface area contributed by atoms with Crippen LogP contribution in [0.3, 0.4) is 0 Å². The van der Waals surface area contributed by atoms with Gasteiger partial charge in [-0.15, -0.1) is 0 Å². The number of carbonyl (C=O) groups is 1. The van der Waals surface area contributed by atoms with Gasteiger partial charge in [-0.05, 0) is 25.5 Å². The number of halogens is 1. The fraction of sp³-hybridized carbons (Fsp3) is 0.333. The molecule has 3 rings (SSSR count). The maximum absolute atomic E-state index is 12.7. The maximum atomic E-state index is 12.7. The molecule has 5 nitrogen and oxygen atoms in total. The third-order valence-electron chi connectivity index (χ3n) is 4.26. The van der Waals surface area contributed by atoms with Crippen molar-refractivity contribution in [3.05, 3.63) is 70.7 Å². The van der Waals surface area contributed by atoms with Crippen LogP contribution in [0.25, 0.3) is 0 Å². The predicted molar refractivity (Wildman–Crippen MR) is 108 cm³/mol. The zero-order valence-corrected chi connectivity index (χ0v) is 16.3. The number of nitrogens with one attached hydrogen (secondary N) is 1. The van der Waals surface area contributed by atoms with Crippen molar-refractivity contribution < 1.29 is 9.63 Å². The minimum Gasteiger partial charge on any atom is -0.390 e. The molecule has 1 atom stereocenters. The van der Waals surface area contributed by atoms with E-state index in [2.05, 4.69) is 10.5 Å². The van der Waals surface area contributed by atoms with Gasteiger partial charge in [-0.3, -0.25) is 0 Å². The van der Waals surface area contributed by atoms with Gasteiger partial charge in [0.05, 0.1) is 12.3 Å². The molecule has 0 radical (unpaired) electrons. The van der Waals surface area contributed by atoms with Gasteiger partial charge in [0.15, 0.2) is 6.10 Å². The number of oxime groups is 1. The van der Waals surface area contributed by atoms with Gasteiger partial charge in [-0.25, -0.2) is 4.79 Å². The minimum absolute atomic E-state index is 0.0650. The molecule has 0 bridgehead atoms. The van der Waals surface area contributed by atoms with Gasteiger partial charge in [0.1, 0.15) is 0 Å². The lowest BCUT2D eigenvalue weighted by atomic mass is 10.0. The first-order chi connectivity index (χ1) is 13.0. The molecule has 1 aliphatic rings. The average molecular weight is 386 g/mol. The summed E-state index contributed by atoms with van der Waals surface area (Å²) in [5.74, 6) is 0. The Morgan fingerprint density at radius 3 is 2.63 bits per heavy atom. The highest BCUT2D eigenvalue weighted by Crippen LogP contribution is 2.23. The SMILES string of the molecule is CC(C)NC(=O)N(Cc1ccccc1)C[C@@H]1CC(c2ccccc2Cl)=NO1. The van der Waals surface area contributed by atoms with Crippen LogP contribution in [0.5, 0.6) is 0 Å². The largest absolute Gasteiger partial charge is 0.390 e. The quantitative estimate of drug-likeness (QED) is 0.798. The van der Waals surface area contributed by atoms with Crippen LogP contribution >= 0.6 is 11.6 Å². The van der Waals surface area contributed by atoms with E-state index in [4.69, 9.17) is 16.4 Å². The molecular formula is C21H24ClN3O2. The third kappa shape index (κ3) is 5.23. The lowest BCUT2D eigenvalue weighted by molar-refractivity contribution is 0.0586. The summed E-state index contributed by atoms with van der Waals surface area (Å²) in [6.07, 6.45) is 0.419. The van der Waals surface area contributed by atoms with Crippen molar-refractivity contribution >= 4 is 23.3 Å². The van der Waals surface area contributed by atoms with E-state index in [1.54, 1.807) is 4.90 Å². The lowest BCUT2D eigenvalue weighted by Crippen LogP contribution is -2.45. The standard InChI is InChI=1S/C21H24ClN3O2/c1-15(2)23-21(26)25(13-16-8-4-3-5-9-16)14-17-12-20(24-27-17)18-10-6-7-11-19(18)22/h3-11,15,17H,12-14H2,1-2H3,(H,23,26)/t17-/m0/s1. The Bertz CT molecular complexity index is 808. The van der Waals surface area contributed by atoms with E-state index in [0.29, 0.717) is 24.5 Å². The molecule has 0 fully saturated rings. The first-order valence-corrected chi connectivity index (χ1v) is 9.47. The van der Waals surface area contributed by atoms with Crippen molar-refractivity contribution in [1.29, 1.82) is 0 Å². The molecule has 0 saturated heterocycles. The number of amides is 2. The zero-order chi connectivity index (χ0) is 19.2. The number of benzene rings is 2. The average Bonchev–Trinajstić information content (AvgIpc) is 3.10. The van der Waals surface area contributed by atoms with E-state index in [9.17, 15) is 4.79 Å². The van der Waals surface area contributed by atoms with Crippen molar-refractivity contribution in [2.24, 2.45) is 5.16 Å². The van der Waals surface area contributed by atoms with Gasteiger partial charge < -0.3 is 15.1 Å². The van der Waals surface area contributed by atoms with Crippen molar-refractivity contribution in [2.75, 3.05) is 6.54 Å². The molecule has 1 aliphatic heterocycles. The fourth-order valence-corrected chi connectivity index (χ4v) is 3.23. The summed E-state index contributed by atoms with van der Waals surface area (Å²) in [5.41, 5.74) is 2.76. The summed E-state index contributed by atoms with van der Waals surface area (Å²) >= 11 is 6.26. The molecule has 2 amide bonds. The van der Waals surface area contributed by atoms with Crippen LogP contribution in [0.15, 0.2) is 59.8 Å². The Hall–Kier alpha value is -2.53. The Balaban J connectivity index is 1.67. The number of carbonyl (C=O) groups excluding carboxylic acids is 1. The van der Waals surface area contributed by atoms with Crippen LogP contribution in [0.1, 0.15) is 31.4 Å². The van der Waals surface area contributed by atoms with Crippen molar-refractivity contribution in [1.82, 2.24) is 10.2 Å². The van der Waals surface area contributed by atoms with Crippen molar-refractivity contribution in [3.63, 3.8) is 0 Å². The second-order valence-corrected chi connectivity index (χ2v) is 7.33. The predicted octanol–water partition coefficient (Wildman–Crippen LogP) is 4.45. The minimum atomic E-state index is -0.196. The molecule has 0 aliphatic carbocycles. The maximum Gasteiger partial charge on any atom is 0.318 e. The van der Waals surface area contributed by atoms with E-state index in [1.807, 2.05) is 68.4 Å². The molecule has 1 heterocycles. The van der Waals surface area contributed by atoms with E-state index < -0.39 is 0 Å². The summed E-state index contributed by atoms with van der Waals surface area (Å²) in [5, 5.41) is 7.82. The second-order valence-electron chi connectivity index (χ2n) is 6.92. The van der Waals surface area contributed by atoms with Crippen LogP contribution in [-0.4, -0.2) is 35.3 Å². The van der Waals surface area contributed by atoms with Gasteiger partial charge in [0.25, 0.3) is 0 Å². The monoisotopic (exact) mass is 385 g/mol. The Morgan fingerprint density at radius 1 is 1.22 bits per heavy atom. The second kappa shape index (κ2) is 8.91. The molecule has 1 N–H and O–H groups in total. The highest BCUT2D eigenvalue weighted by Gasteiger charge is 2.27. The van der Waals surface area contributed by atoms with E-state index >= 15 is 0 Å². The van der Waals surface area contributed by atoms with E-state index in [-0.39, 0.29) is 18.2 Å². The first kappa shape index (κ1) is 19.2. The Kier molecular flexibility index (Phi) is 6.35. The molecule has 2 aromatic carbocycles. The molecule has 6 heteroatoms. The van der Waals surface area contributed by atoms with Gasteiger partial charge >= 0.3 is 6.03 Å². The van der Waals surface area contributed by atoms with Crippen LogP contribution in [0.4, 0.5) is 4.79 Å². The summed E-state index contributed by atoms with van der Waals surface area (Å²) in [7, 11) is 0. The van der Waals surface area contributed by atoms with Gasteiger partial charge in [0, 0.05) is 29.6 Å².